The maximum Gasteiger partial charge on any atom is 0.150 e. The van der Waals surface area contributed by atoms with Crippen LogP contribution in [0.4, 0.5) is 0 Å². The van der Waals surface area contributed by atoms with Gasteiger partial charge in [0.1, 0.15) is 0 Å². The minimum atomic E-state index is -2.58. The largest absolute Gasteiger partial charge is 0.229 e. The minimum absolute atomic E-state index is 0.444. The number of hydrogen-bond acceptors (Lipinski definition) is 2. The number of rotatable bonds is 3. The molecule has 2 nitrogen and oxygen atoms in total. The lowest BCUT2D eigenvalue weighted by Gasteiger charge is -2.25. The fourth-order valence-corrected chi connectivity index (χ4v) is 3.08. The zero-order chi connectivity index (χ0) is 8.48. The molecule has 0 saturated carbocycles. The summed E-state index contributed by atoms with van der Waals surface area (Å²) in [6, 6.07) is 0. The predicted molar refractivity (Wildman–Crippen MR) is 46.2 cm³/mol. The Hall–Kier alpha value is -0.0500. The smallest absolute Gasteiger partial charge is 0.150 e. The average Bonchev–Trinajstić information content (AvgIpc) is 1.78. The summed E-state index contributed by atoms with van der Waals surface area (Å²) in [4.78, 5) is 0. The van der Waals surface area contributed by atoms with Crippen molar-refractivity contribution >= 4 is 9.84 Å². The van der Waals surface area contributed by atoms with Crippen LogP contribution in [0.25, 0.3) is 0 Å². The van der Waals surface area contributed by atoms with E-state index in [0.717, 1.165) is 6.42 Å². The molecule has 0 unspecified atom stereocenters. The van der Waals surface area contributed by atoms with Crippen molar-refractivity contribution in [2.24, 2.45) is 11.8 Å². The molecule has 0 atom stereocenters. The van der Waals surface area contributed by atoms with E-state index in [-0.39, 0.29) is 0 Å². The van der Waals surface area contributed by atoms with E-state index < -0.39 is 9.84 Å². The molecule has 1 aliphatic heterocycles. The van der Waals surface area contributed by atoms with Gasteiger partial charge in [-0.25, -0.2) is 8.42 Å². The van der Waals surface area contributed by atoms with Gasteiger partial charge < -0.3 is 0 Å². The molecule has 1 aliphatic rings. The van der Waals surface area contributed by atoms with Crippen LogP contribution < -0.4 is 0 Å². The first-order chi connectivity index (χ1) is 4.99. The standard InChI is InChI=1S/C8H16O2S/c1-7(2)3-4-8-5-11(9,10)6-8/h7-8H,3-6H2,1-2H3. The Balaban J connectivity index is 2.14. The summed E-state index contributed by atoms with van der Waals surface area (Å²) in [7, 11) is -2.58. The average molecular weight is 176 g/mol. The van der Waals surface area contributed by atoms with Gasteiger partial charge in [0.15, 0.2) is 9.84 Å². The van der Waals surface area contributed by atoms with Crippen LogP contribution in [0.15, 0.2) is 0 Å². The second-order valence-corrected chi connectivity index (χ2v) is 6.07. The molecule has 0 N–H and O–H groups in total. The molecule has 66 valence electrons. The third-order valence-electron chi connectivity index (χ3n) is 2.13. The van der Waals surface area contributed by atoms with Crippen LogP contribution in [0.5, 0.6) is 0 Å². The first kappa shape index (κ1) is 9.04. The molecule has 1 rings (SSSR count). The lowest BCUT2D eigenvalue weighted by Crippen LogP contribution is -2.36. The number of hydrogen-bond donors (Lipinski definition) is 0. The predicted octanol–water partition coefficient (Wildman–Crippen LogP) is 1.47. The van der Waals surface area contributed by atoms with Crippen molar-refractivity contribution < 1.29 is 8.42 Å². The van der Waals surface area contributed by atoms with Gasteiger partial charge in [-0.1, -0.05) is 20.3 Å². The third kappa shape index (κ3) is 2.81. The van der Waals surface area contributed by atoms with Crippen molar-refractivity contribution in [3.8, 4) is 0 Å². The highest BCUT2D eigenvalue weighted by Gasteiger charge is 2.32. The van der Waals surface area contributed by atoms with Crippen molar-refractivity contribution in [3.63, 3.8) is 0 Å². The molecule has 1 saturated heterocycles. The quantitative estimate of drug-likeness (QED) is 0.652. The van der Waals surface area contributed by atoms with Crippen LogP contribution >= 0.6 is 0 Å². The Morgan fingerprint density at radius 3 is 2.27 bits per heavy atom. The molecular weight excluding hydrogens is 160 g/mol. The summed E-state index contributed by atoms with van der Waals surface area (Å²) in [6.45, 7) is 4.35. The van der Waals surface area contributed by atoms with E-state index in [0.29, 0.717) is 23.3 Å². The minimum Gasteiger partial charge on any atom is -0.229 e. The first-order valence-electron chi connectivity index (χ1n) is 4.20. The van der Waals surface area contributed by atoms with Crippen LogP contribution in [0.3, 0.4) is 0 Å². The first-order valence-corrected chi connectivity index (χ1v) is 6.02. The van der Waals surface area contributed by atoms with Gasteiger partial charge in [-0.15, -0.1) is 0 Å². The van der Waals surface area contributed by atoms with E-state index in [2.05, 4.69) is 13.8 Å². The van der Waals surface area contributed by atoms with Crippen LogP contribution in [0.1, 0.15) is 26.7 Å². The zero-order valence-electron chi connectivity index (χ0n) is 7.21. The normalized spacial score (nSPS) is 23.5. The summed E-state index contributed by atoms with van der Waals surface area (Å²) < 4.78 is 21.5. The highest BCUT2D eigenvalue weighted by Crippen LogP contribution is 2.24. The molecule has 0 aliphatic carbocycles. The molecule has 0 spiro atoms. The SMILES string of the molecule is CC(C)CCC1CS(=O)(=O)C1. The van der Waals surface area contributed by atoms with E-state index >= 15 is 0 Å². The van der Waals surface area contributed by atoms with Crippen molar-refractivity contribution in [2.75, 3.05) is 11.5 Å². The van der Waals surface area contributed by atoms with Crippen LogP contribution in [0, 0.1) is 11.8 Å². The maximum atomic E-state index is 10.7. The Labute approximate surface area is 68.9 Å². The van der Waals surface area contributed by atoms with Gasteiger partial charge in [-0.2, -0.15) is 0 Å². The Bertz CT molecular complexity index is 204. The van der Waals surface area contributed by atoms with Gasteiger partial charge in [-0.3, -0.25) is 0 Å². The van der Waals surface area contributed by atoms with Gasteiger partial charge in [0, 0.05) is 0 Å². The van der Waals surface area contributed by atoms with E-state index in [1.54, 1.807) is 0 Å². The Morgan fingerprint density at radius 1 is 1.36 bits per heavy atom. The molecule has 1 heterocycles. The summed E-state index contributed by atoms with van der Waals surface area (Å²) >= 11 is 0. The van der Waals surface area contributed by atoms with Gasteiger partial charge in [0.05, 0.1) is 11.5 Å². The molecule has 0 bridgehead atoms. The molecule has 1 fully saturated rings. The fourth-order valence-electron chi connectivity index (χ4n) is 1.41. The molecule has 3 heteroatoms. The van der Waals surface area contributed by atoms with Crippen LogP contribution in [-0.4, -0.2) is 19.9 Å². The summed E-state index contributed by atoms with van der Waals surface area (Å²) in [5, 5.41) is 0. The second-order valence-electron chi connectivity index (χ2n) is 3.91. The van der Waals surface area contributed by atoms with E-state index in [9.17, 15) is 8.42 Å². The zero-order valence-corrected chi connectivity index (χ0v) is 8.02. The van der Waals surface area contributed by atoms with Gasteiger partial charge in [0.25, 0.3) is 0 Å². The second kappa shape index (κ2) is 3.13. The third-order valence-corrected chi connectivity index (χ3v) is 4.09. The molecule has 0 aromatic carbocycles. The van der Waals surface area contributed by atoms with E-state index in [1.807, 2.05) is 0 Å². The molecule has 11 heavy (non-hydrogen) atoms. The fraction of sp³-hybridized carbons (Fsp3) is 1.00. The van der Waals surface area contributed by atoms with Gasteiger partial charge in [-0.05, 0) is 18.3 Å². The van der Waals surface area contributed by atoms with Crippen molar-refractivity contribution in [2.45, 2.75) is 26.7 Å². The highest BCUT2D eigenvalue weighted by molar-refractivity contribution is 7.92. The molecule has 0 amide bonds. The number of sulfone groups is 1. The van der Waals surface area contributed by atoms with Gasteiger partial charge >= 0.3 is 0 Å². The Kier molecular flexibility index (Phi) is 2.58. The molecule has 0 aromatic rings. The van der Waals surface area contributed by atoms with Crippen molar-refractivity contribution in [3.05, 3.63) is 0 Å². The molecule has 0 aromatic heterocycles. The van der Waals surface area contributed by atoms with Crippen LogP contribution in [0.2, 0.25) is 0 Å². The Morgan fingerprint density at radius 2 is 1.91 bits per heavy atom. The molecular formula is C8H16O2S. The van der Waals surface area contributed by atoms with E-state index in [4.69, 9.17) is 0 Å². The summed E-state index contributed by atoms with van der Waals surface area (Å²) in [6.07, 6.45) is 2.26. The topological polar surface area (TPSA) is 34.1 Å². The van der Waals surface area contributed by atoms with Gasteiger partial charge in [0.2, 0.25) is 0 Å². The van der Waals surface area contributed by atoms with Crippen LogP contribution in [-0.2, 0) is 9.84 Å². The monoisotopic (exact) mass is 176 g/mol. The van der Waals surface area contributed by atoms with E-state index in [1.165, 1.54) is 6.42 Å². The highest BCUT2D eigenvalue weighted by atomic mass is 32.2. The van der Waals surface area contributed by atoms with Crippen molar-refractivity contribution in [1.82, 2.24) is 0 Å². The lowest BCUT2D eigenvalue weighted by atomic mass is 10.0. The summed E-state index contributed by atoms with van der Waals surface area (Å²) in [5.41, 5.74) is 0. The lowest BCUT2D eigenvalue weighted by molar-refractivity contribution is 0.444. The summed E-state index contributed by atoms with van der Waals surface area (Å²) in [5.74, 6) is 2.07. The molecule has 0 radical (unpaired) electrons. The van der Waals surface area contributed by atoms with Crippen molar-refractivity contribution in [1.29, 1.82) is 0 Å². The maximum absolute atomic E-state index is 10.7.